The molecule has 0 aromatic carbocycles. The summed E-state index contributed by atoms with van der Waals surface area (Å²) in [6.45, 7) is 5.75. The van der Waals surface area contributed by atoms with Crippen molar-refractivity contribution in [2.75, 3.05) is 33.4 Å². The molecule has 13 heavy (non-hydrogen) atoms. The highest BCUT2D eigenvalue weighted by molar-refractivity contribution is 4.76. The van der Waals surface area contributed by atoms with Crippen molar-refractivity contribution in [1.29, 1.82) is 0 Å². The van der Waals surface area contributed by atoms with E-state index in [0.29, 0.717) is 18.6 Å². The number of likely N-dealkylation sites (tertiary alicyclic amines) is 1. The van der Waals surface area contributed by atoms with Crippen LogP contribution in [0.5, 0.6) is 0 Å². The maximum absolute atomic E-state index is 8.80. The second-order valence-corrected chi connectivity index (χ2v) is 3.97. The first-order valence-corrected chi connectivity index (χ1v) is 5.12. The summed E-state index contributed by atoms with van der Waals surface area (Å²) in [5, 5.41) is 8.80. The zero-order chi connectivity index (χ0) is 9.68. The highest BCUT2D eigenvalue weighted by Crippen LogP contribution is 2.19. The van der Waals surface area contributed by atoms with Crippen LogP contribution in [0.2, 0.25) is 0 Å². The SMILES string of the molecule is COC(C)CN1CCC(CCO)C1. The fraction of sp³-hybridized carbons (Fsp3) is 1.00. The van der Waals surface area contributed by atoms with Crippen molar-refractivity contribution in [3.63, 3.8) is 0 Å². The average Bonchev–Trinajstić information content (AvgIpc) is 2.53. The average molecular weight is 187 g/mol. The second-order valence-electron chi connectivity index (χ2n) is 3.97. The van der Waals surface area contributed by atoms with Crippen LogP contribution in [0.1, 0.15) is 19.8 Å². The van der Waals surface area contributed by atoms with Gasteiger partial charge in [-0.2, -0.15) is 0 Å². The van der Waals surface area contributed by atoms with E-state index < -0.39 is 0 Å². The Morgan fingerprint density at radius 3 is 3.00 bits per heavy atom. The van der Waals surface area contributed by atoms with Crippen LogP contribution >= 0.6 is 0 Å². The molecule has 3 heteroatoms. The predicted molar refractivity (Wildman–Crippen MR) is 52.7 cm³/mol. The Morgan fingerprint density at radius 1 is 1.62 bits per heavy atom. The summed E-state index contributed by atoms with van der Waals surface area (Å²) < 4.78 is 5.22. The van der Waals surface area contributed by atoms with Crippen molar-refractivity contribution < 1.29 is 9.84 Å². The van der Waals surface area contributed by atoms with Gasteiger partial charge in [0.15, 0.2) is 0 Å². The van der Waals surface area contributed by atoms with Crippen LogP contribution in [0.3, 0.4) is 0 Å². The number of hydrogen-bond donors (Lipinski definition) is 1. The summed E-state index contributed by atoms with van der Waals surface area (Å²) >= 11 is 0. The molecule has 1 N–H and O–H groups in total. The van der Waals surface area contributed by atoms with Gasteiger partial charge in [-0.05, 0) is 32.2 Å². The molecule has 2 unspecified atom stereocenters. The molecular formula is C10H21NO2. The molecule has 1 fully saturated rings. The van der Waals surface area contributed by atoms with Crippen molar-refractivity contribution in [2.45, 2.75) is 25.9 Å². The molecule has 1 saturated heterocycles. The smallest absolute Gasteiger partial charge is 0.0670 e. The van der Waals surface area contributed by atoms with E-state index in [4.69, 9.17) is 9.84 Å². The Balaban J connectivity index is 2.17. The number of aliphatic hydroxyl groups excluding tert-OH is 1. The Morgan fingerprint density at radius 2 is 2.38 bits per heavy atom. The van der Waals surface area contributed by atoms with Crippen LogP contribution < -0.4 is 0 Å². The monoisotopic (exact) mass is 187 g/mol. The van der Waals surface area contributed by atoms with E-state index in [2.05, 4.69) is 11.8 Å². The van der Waals surface area contributed by atoms with E-state index in [1.807, 2.05) is 0 Å². The van der Waals surface area contributed by atoms with Crippen LogP contribution in [0, 0.1) is 5.92 Å². The summed E-state index contributed by atoms with van der Waals surface area (Å²) in [5.41, 5.74) is 0. The third-order valence-electron chi connectivity index (χ3n) is 2.82. The minimum atomic E-state index is 0.327. The standard InChI is InChI=1S/C10H21NO2/c1-9(13-2)7-11-5-3-10(8-11)4-6-12/h9-10,12H,3-8H2,1-2H3. The van der Waals surface area contributed by atoms with Gasteiger partial charge in [0.1, 0.15) is 0 Å². The fourth-order valence-electron chi connectivity index (χ4n) is 1.94. The molecule has 0 radical (unpaired) electrons. The molecule has 1 heterocycles. The van der Waals surface area contributed by atoms with E-state index >= 15 is 0 Å². The van der Waals surface area contributed by atoms with Gasteiger partial charge in [0.2, 0.25) is 0 Å². The van der Waals surface area contributed by atoms with E-state index in [1.54, 1.807) is 7.11 Å². The molecule has 0 saturated carbocycles. The lowest BCUT2D eigenvalue weighted by molar-refractivity contribution is 0.0835. The summed E-state index contributed by atoms with van der Waals surface area (Å²) in [6.07, 6.45) is 2.52. The van der Waals surface area contributed by atoms with Crippen molar-refractivity contribution in [2.24, 2.45) is 5.92 Å². The number of hydrogen-bond acceptors (Lipinski definition) is 3. The van der Waals surface area contributed by atoms with Crippen molar-refractivity contribution >= 4 is 0 Å². The minimum absolute atomic E-state index is 0.327. The lowest BCUT2D eigenvalue weighted by Crippen LogP contribution is -2.30. The van der Waals surface area contributed by atoms with Gasteiger partial charge in [0.05, 0.1) is 6.10 Å². The van der Waals surface area contributed by atoms with Crippen molar-refractivity contribution in [1.82, 2.24) is 4.90 Å². The van der Waals surface area contributed by atoms with E-state index in [1.165, 1.54) is 13.0 Å². The Kier molecular flexibility index (Phi) is 4.70. The number of aliphatic hydroxyl groups is 1. The lowest BCUT2D eigenvalue weighted by atomic mass is 10.1. The first-order chi connectivity index (χ1) is 6.26. The molecule has 0 spiro atoms. The highest BCUT2D eigenvalue weighted by Gasteiger charge is 2.22. The molecule has 0 aliphatic carbocycles. The van der Waals surface area contributed by atoms with Gasteiger partial charge in [-0.15, -0.1) is 0 Å². The topological polar surface area (TPSA) is 32.7 Å². The quantitative estimate of drug-likeness (QED) is 0.688. The van der Waals surface area contributed by atoms with Crippen molar-refractivity contribution in [3.05, 3.63) is 0 Å². The van der Waals surface area contributed by atoms with Crippen LogP contribution in [0.25, 0.3) is 0 Å². The normalized spacial score (nSPS) is 26.5. The largest absolute Gasteiger partial charge is 0.396 e. The molecule has 1 rings (SSSR count). The Bertz CT molecular complexity index is 141. The Labute approximate surface area is 80.7 Å². The minimum Gasteiger partial charge on any atom is -0.396 e. The molecule has 0 amide bonds. The first-order valence-electron chi connectivity index (χ1n) is 5.12. The van der Waals surface area contributed by atoms with Gasteiger partial charge in [-0.3, -0.25) is 0 Å². The van der Waals surface area contributed by atoms with Crippen LogP contribution in [-0.4, -0.2) is 49.5 Å². The molecule has 0 aromatic heterocycles. The predicted octanol–water partition coefficient (Wildman–Crippen LogP) is 0.726. The van der Waals surface area contributed by atoms with Crippen molar-refractivity contribution in [3.8, 4) is 0 Å². The maximum atomic E-state index is 8.80. The second kappa shape index (κ2) is 5.58. The summed E-state index contributed by atoms with van der Waals surface area (Å²) in [6, 6.07) is 0. The molecule has 1 aliphatic heterocycles. The fourth-order valence-corrected chi connectivity index (χ4v) is 1.94. The molecule has 0 bridgehead atoms. The summed E-state index contributed by atoms with van der Waals surface area (Å²) in [7, 11) is 1.76. The van der Waals surface area contributed by atoms with Gasteiger partial charge in [0.25, 0.3) is 0 Å². The van der Waals surface area contributed by atoms with Crippen LogP contribution in [-0.2, 0) is 4.74 Å². The third kappa shape index (κ3) is 3.63. The van der Waals surface area contributed by atoms with Crippen LogP contribution in [0.4, 0.5) is 0 Å². The maximum Gasteiger partial charge on any atom is 0.0670 e. The summed E-state index contributed by atoms with van der Waals surface area (Å²) in [5.74, 6) is 0.703. The highest BCUT2D eigenvalue weighted by atomic mass is 16.5. The number of rotatable bonds is 5. The zero-order valence-electron chi connectivity index (χ0n) is 8.70. The number of methoxy groups -OCH3 is 1. The van der Waals surface area contributed by atoms with Gasteiger partial charge < -0.3 is 14.7 Å². The van der Waals surface area contributed by atoms with Gasteiger partial charge in [-0.25, -0.2) is 0 Å². The summed E-state index contributed by atoms with van der Waals surface area (Å²) in [4.78, 5) is 2.43. The van der Waals surface area contributed by atoms with Crippen LogP contribution in [0.15, 0.2) is 0 Å². The molecule has 78 valence electrons. The van der Waals surface area contributed by atoms with E-state index in [0.717, 1.165) is 19.5 Å². The van der Waals surface area contributed by atoms with E-state index in [9.17, 15) is 0 Å². The number of nitrogens with zero attached hydrogens (tertiary/aromatic N) is 1. The molecule has 0 aromatic rings. The molecular weight excluding hydrogens is 166 g/mol. The zero-order valence-corrected chi connectivity index (χ0v) is 8.70. The van der Waals surface area contributed by atoms with Gasteiger partial charge in [0, 0.05) is 26.8 Å². The first kappa shape index (κ1) is 11.0. The van der Waals surface area contributed by atoms with Gasteiger partial charge in [-0.1, -0.05) is 0 Å². The van der Waals surface area contributed by atoms with Gasteiger partial charge >= 0.3 is 0 Å². The molecule has 2 atom stereocenters. The molecule has 1 aliphatic rings. The Hall–Kier alpha value is -0.120. The third-order valence-corrected chi connectivity index (χ3v) is 2.82. The number of ether oxygens (including phenoxy) is 1. The lowest BCUT2D eigenvalue weighted by Gasteiger charge is -2.19. The molecule has 3 nitrogen and oxygen atoms in total. The van der Waals surface area contributed by atoms with E-state index in [-0.39, 0.29) is 0 Å².